The molecule has 1 aromatic rings. The average Bonchev–Trinajstić information content (AvgIpc) is 1.93. The van der Waals surface area contributed by atoms with Crippen LogP contribution >= 0.6 is 28.6 Å². The first kappa shape index (κ1) is 7.95. The molecule has 0 fully saturated rings. The van der Waals surface area contributed by atoms with Crippen molar-refractivity contribution in [3.63, 3.8) is 0 Å². The van der Waals surface area contributed by atoms with Crippen LogP contribution in [0.1, 0.15) is 5.56 Å². The van der Waals surface area contributed by atoms with E-state index in [2.05, 4.69) is 28.6 Å². The maximum absolute atomic E-state index is 5.66. The summed E-state index contributed by atoms with van der Waals surface area (Å²) in [4.78, 5) is 0.817. The van der Waals surface area contributed by atoms with Crippen LogP contribution < -0.4 is 5.73 Å². The van der Waals surface area contributed by atoms with E-state index in [9.17, 15) is 0 Å². The van der Waals surface area contributed by atoms with Gasteiger partial charge in [-0.2, -0.15) is 0 Å². The smallest absolute Gasteiger partial charge is 0.0596 e. The number of anilines is 1. The number of nitrogens with two attached hydrogens (primary N) is 1. The Balaban J connectivity index is 3.34. The van der Waals surface area contributed by atoms with Crippen LogP contribution in [0.5, 0.6) is 0 Å². The van der Waals surface area contributed by atoms with Gasteiger partial charge in [0.1, 0.15) is 0 Å². The minimum absolute atomic E-state index is 0.711. The molecule has 0 aromatic heterocycles. The summed E-state index contributed by atoms with van der Waals surface area (Å²) in [7, 11) is 0. The highest BCUT2D eigenvalue weighted by Crippen LogP contribution is 2.28. The lowest BCUT2D eigenvalue weighted by molar-refractivity contribution is 1.35. The monoisotopic (exact) mass is 217 g/mol. The normalized spacial score (nSPS) is 9.90. The summed E-state index contributed by atoms with van der Waals surface area (Å²) in [6.45, 7) is 1.99. The first-order valence-corrected chi connectivity index (χ1v) is 4.10. The number of rotatable bonds is 0. The molecule has 0 bridgehead atoms. The van der Waals surface area contributed by atoms with Crippen molar-refractivity contribution in [2.75, 3.05) is 5.73 Å². The molecule has 0 aliphatic rings. The first-order chi connectivity index (χ1) is 4.63. The maximum Gasteiger partial charge on any atom is 0.0596 e. The third-order valence-electron chi connectivity index (χ3n) is 1.35. The number of aryl methyl sites for hydroxylation is 1. The number of thiol groups is 1. The third-order valence-corrected chi connectivity index (χ3v) is 2.79. The summed E-state index contributed by atoms with van der Waals surface area (Å²) in [6, 6.07) is 3.86. The highest BCUT2D eigenvalue weighted by Gasteiger charge is 2.00. The largest absolute Gasteiger partial charge is 0.397 e. The first-order valence-electron chi connectivity index (χ1n) is 2.86. The molecule has 0 unspecified atom stereocenters. The van der Waals surface area contributed by atoms with Crippen molar-refractivity contribution < 1.29 is 0 Å². The van der Waals surface area contributed by atoms with Crippen molar-refractivity contribution in [2.24, 2.45) is 0 Å². The number of hydrogen-bond donors (Lipinski definition) is 2. The van der Waals surface area contributed by atoms with Crippen LogP contribution in [0.4, 0.5) is 5.69 Å². The molecule has 3 heteroatoms. The minimum atomic E-state index is 0.711. The topological polar surface area (TPSA) is 26.0 Å². The number of halogens is 1. The van der Waals surface area contributed by atoms with Crippen molar-refractivity contribution >= 4 is 34.2 Å². The van der Waals surface area contributed by atoms with Gasteiger partial charge in [-0.15, -0.1) is 12.6 Å². The van der Waals surface area contributed by atoms with E-state index in [4.69, 9.17) is 5.73 Å². The van der Waals surface area contributed by atoms with E-state index in [1.807, 2.05) is 19.1 Å². The quantitative estimate of drug-likeness (QED) is 0.508. The molecule has 0 spiro atoms. The molecule has 0 aliphatic carbocycles. The van der Waals surface area contributed by atoms with Crippen LogP contribution in [0, 0.1) is 6.92 Å². The van der Waals surface area contributed by atoms with Gasteiger partial charge in [0.2, 0.25) is 0 Å². The Morgan fingerprint density at radius 2 is 2.10 bits per heavy atom. The Morgan fingerprint density at radius 1 is 1.50 bits per heavy atom. The highest BCUT2D eigenvalue weighted by molar-refractivity contribution is 9.10. The lowest BCUT2D eigenvalue weighted by Crippen LogP contribution is -1.90. The average molecular weight is 218 g/mol. The van der Waals surface area contributed by atoms with Gasteiger partial charge >= 0.3 is 0 Å². The van der Waals surface area contributed by atoms with E-state index >= 15 is 0 Å². The second-order valence-electron chi connectivity index (χ2n) is 2.13. The molecule has 54 valence electrons. The fraction of sp³-hybridized carbons (Fsp3) is 0.143. The van der Waals surface area contributed by atoms with Crippen molar-refractivity contribution in [2.45, 2.75) is 11.8 Å². The molecule has 1 aromatic carbocycles. The molecular formula is C7H8BrNS. The molecule has 1 nitrogen and oxygen atoms in total. The van der Waals surface area contributed by atoms with Crippen molar-refractivity contribution in [1.29, 1.82) is 0 Å². The molecule has 0 atom stereocenters. The second kappa shape index (κ2) is 2.84. The predicted molar refractivity (Wildman–Crippen MR) is 50.5 cm³/mol. The van der Waals surface area contributed by atoms with E-state index in [1.165, 1.54) is 0 Å². The summed E-state index contributed by atoms with van der Waals surface area (Å²) in [5.41, 5.74) is 7.51. The molecule has 0 heterocycles. The fourth-order valence-corrected chi connectivity index (χ4v) is 1.38. The third kappa shape index (κ3) is 1.30. The van der Waals surface area contributed by atoms with E-state index in [1.54, 1.807) is 0 Å². The zero-order valence-corrected chi connectivity index (χ0v) is 8.04. The second-order valence-corrected chi connectivity index (χ2v) is 3.40. The Bertz CT molecular complexity index is 233. The molecular weight excluding hydrogens is 210 g/mol. The summed E-state index contributed by atoms with van der Waals surface area (Å²) in [6.07, 6.45) is 0. The lowest BCUT2D eigenvalue weighted by atomic mass is 10.2. The molecule has 0 amide bonds. The Labute approximate surface area is 74.2 Å². The van der Waals surface area contributed by atoms with Gasteiger partial charge in [-0.1, -0.05) is 6.07 Å². The van der Waals surface area contributed by atoms with Gasteiger partial charge in [0.05, 0.1) is 5.69 Å². The SMILES string of the molecule is Cc1ccc(S)c(N)c1Br. The van der Waals surface area contributed by atoms with Gasteiger partial charge < -0.3 is 5.73 Å². The summed E-state index contributed by atoms with van der Waals surface area (Å²) >= 11 is 7.52. The maximum atomic E-state index is 5.66. The van der Waals surface area contributed by atoms with E-state index in [0.29, 0.717) is 5.69 Å². The molecule has 0 saturated carbocycles. The van der Waals surface area contributed by atoms with Gasteiger partial charge in [-0.3, -0.25) is 0 Å². The van der Waals surface area contributed by atoms with Crippen LogP contribution in [0.3, 0.4) is 0 Å². The van der Waals surface area contributed by atoms with Crippen LogP contribution in [0.25, 0.3) is 0 Å². The highest BCUT2D eigenvalue weighted by atomic mass is 79.9. The summed E-state index contributed by atoms with van der Waals surface area (Å²) in [5.74, 6) is 0. The number of benzene rings is 1. The van der Waals surface area contributed by atoms with Crippen LogP contribution in [0.15, 0.2) is 21.5 Å². The zero-order valence-electron chi connectivity index (χ0n) is 5.56. The van der Waals surface area contributed by atoms with Crippen LogP contribution in [-0.2, 0) is 0 Å². The van der Waals surface area contributed by atoms with Gasteiger partial charge in [-0.25, -0.2) is 0 Å². The molecule has 0 saturated heterocycles. The van der Waals surface area contributed by atoms with E-state index in [0.717, 1.165) is 14.9 Å². The van der Waals surface area contributed by atoms with E-state index < -0.39 is 0 Å². The van der Waals surface area contributed by atoms with Crippen molar-refractivity contribution in [3.05, 3.63) is 22.2 Å². The van der Waals surface area contributed by atoms with Crippen molar-refractivity contribution in [3.8, 4) is 0 Å². The van der Waals surface area contributed by atoms with Gasteiger partial charge in [0.25, 0.3) is 0 Å². The number of nitrogen functional groups attached to an aromatic ring is 1. The molecule has 0 aliphatic heterocycles. The number of hydrogen-bond acceptors (Lipinski definition) is 2. The standard InChI is InChI=1S/C7H8BrNS/c1-4-2-3-5(10)7(9)6(4)8/h2-3,10H,9H2,1H3. The Kier molecular flexibility index (Phi) is 2.26. The van der Waals surface area contributed by atoms with Gasteiger partial charge in [-0.05, 0) is 34.5 Å². The molecule has 0 radical (unpaired) electrons. The molecule has 1 rings (SSSR count). The van der Waals surface area contributed by atoms with Crippen LogP contribution in [0.2, 0.25) is 0 Å². The minimum Gasteiger partial charge on any atom is -0.397 e. The van der Waals surface area contributed by atoms with Gasteiger partial charge in [0, 0.05) is 9.37 Å². The zero-order chi connectivity index (χ0) is 7.72. The Morgan fingerprint density at radius 3 is 2.60 bits per heavy atom. The van der Waals surface area contributed by atoms with Crippen molar-refractivity contribution in [1.82, 2.24) is 0 Å². The molecule has 10 heavy (non-hydrogen) atoms. The Hall–Kier alpha value is -0.150. The van der Waals surface area contributed by atoms with Gasteiger partial charge in [0.15, 0.2) is 0 Å². The summed E-state index contributed by atoms with van der Waals surface area (Å²) < 4.78 is 0.944. The fourth-order valence-electron chi connectivity index (χ4n) is 0.692. The van der Waals surface area contributed by atoms with E-state index in [-0.39, 0.29) is 0 Å². The lowest BCUT2D eigenvalue weighted by Gasteiger charge is -2.03. The predicted octanol–water partition coefficient (Wildman–Crippen LogP) is 2.63. The molecule has 2 N–H and O–H groups in total. The summed E-state index contributed by atoms with van der Waals surface area (Å²) in [5, 5.41) is 0. The van der Waals surface area contributed by atoms with Crippen LogP contribution in [-0.4, -0.2) is 0 Å².